The molecule has 0 atom stereocenters. The molecule has 5 heteroatoms. The van der Waals surface area contributed by atoms with Gasteiger partial charge in [0.25, 0.3) is 5.91 Å². The van der Waals surface area contributed by atoms with Crippen molar-refractivity contribution in [2.75, 3.05) is 7.05 Å². The van der Waals surface area contributed by atoms with Crippen molar-refractivity contribution in [1.29, 1.82) is 0 Å². The van der Waals surface area contributed by atoms with Gasteiger partial charge in [0.2, 0.25) is 5.91 Å². The van der Waals surface area contributed by atoms with Crippen LogP contribution in [0.3, 0.4) is 0 Å². The molecule has 2 N–H and O–H groups in total. The Morgan fingerprint density at radius 1 is 1.04 bits per heavy atom. The molecule has 0 saturated heterocycles. The van der Waals surface area contributed by atoms with E-state index >= 15 is 0 Å². The number of amides is 2. The molecule has 0 bridgehead atoms. The van der Waals surface area contributed by atoms with E-state index in [1.54, 1.807) is 13.1 Å². The van der Waals surface area contributed by atoms with E-state index in [0.29, 0.717) is 18.4 Å². The van der Waals surface area contributed by atoms with Gasteiger partial charge in [0.1, 0.15) is 5.54 Å². The highest BCUT2D eigenvalue weighted by Crippen LogP contribution is 2.29. The van der Waals surface area contributed by atoms with Crippen LogP contribution in [0.1, 0.15) is 53.8 Å². The molecule has 5 nitrogen and oxygen atoms in total. The third-order valence-corrected chi connectivity index (χ3v) is 5.38. The SMILES string of the molecule is CNC(=O)C1(NC(=O)c2cccc(-c3ccc(C)nc3C)c2)CCCCC1. The predicted molar refractivity (Wildman–Crippen MR) is 106 cm³/mol. The summed E-state index contributed by atoms with van der Waals surface area (Å²) in [6.07, 6.45) is 4.35. The first-order valence-corrected chi connectivity index (χ1v) is 9.54. The van der Waals surface area contributed by atoms with E-state index in [0.717, 1.165) is 41.8 Å². The number of pyridine rings is 1. The van der Waals surface area contributed by atoms with E-state index < -0.39 is 5.54 Å². The van der Waals surface area contributed by atoms with Crippen molar-refractivity contribution in [3.8, 4) is 11.1 Å². The maximum atomic E-state index is 13.0. The summed E-state index contributed by atoms with van der Waals surface area (Å²) in [7, 11) is 1.62. The van der Waals surface area contributed by atoms with Gasteiger partial charge in [-0.1, -0.05) is 37.5 Å². The number of carbonyl (C=O) groups is 2. The van der Waals surface area contributed by atoms with Crippen LogP contribution in [-0.2, 0) is 4.79 Å². The van der Waals surface area contributed by atoms with Crippen molar-refractivity contribution in [3.05, 3.63) is 53.3 Å². The molecule has 3 rings (SSSR count). The smallest absolute Gasteiger partial charge is 0.252 e. The van der Waals surface area contributed by atoms with E-state index in [-0.39, 0.29) is 11.8 Å². The van der Waals surface area contributed by atoms with Gasteiger partial charge in [0.05, 0.1) is 0 Å². The summed E-state index contributed by atoms with van der Waals surface area (Å²) in [6.45, 7) is 3.93. The molecule has 0 unspecified atom stereocenters. The molecule has 1 heterocycles. The zero-order chi connectivity index (χ0) is 19.4. The lowest BCUT2D eigenvalue weighted by Gasteiger charge is -2.36. The van der Waals surface area contributed by atoms with E-state index in [1.807, 2.05) is 44.2 Å². The van der Waals surface area contributed by atoms with Crippen molar-refractivity contribution < 1.29 is 9.59 Å². The van der Waals surface area contributed by atoms with Crippen LogP contribution in [0.5, 0.6) is 0 Å². The fraction of sp³-hybridized carbons (Fsp3) is 0.409. The lowest BCUT2D eigenvalue weighted by atomic mass is 9.80. The zero-order valence-corrected chi connectivity index (χ0v) is 16.3. The van der Waals surface area contributed by atoms with Gasteiger partial charge < -0.3 is 10.6 Å². The molecule has 1 saturated carbocycles. The predicted octanol–water partition coefficient (Wildman–Crippen LogP) is 3.54. The Kier molecular flexibility index (Phi) is 5.59. The summed E-state index contributed by atoms with van der Waals surface area (Å²) in [5, 5.41) is 5.76. The fourth-order valence-electron chi connectivity index (χ4n) is 3.91. The highest BCUT2D eigenvalue weighted by atomic mass is 16.2. The number of aromatic nitrogens is 1. The van der Waals surface area contributed by atoms with Gasteiger partial charge in [0, 0.05) is 29.6 Å². The van der Waals surface area contributed by atoms with Crippen LogP contribution in [0.15, 0.2) is 36.4 Å². The number of aryl methyl sites for hydroxylation is 2. The number of likely N-dealkylation sites (N-methyl/N-ethyl adjacent to an activating group) is 1. The topological polar surface area (TPSA) is 71.1 Å². The summed E-state index contributed by atoms with van der Waals surface area (Å²) >= 11 is 0. The number of benzene rings is 1. The summed E-state index contributed by atoms with van der Waals surface area (Å²) < 4.78 is 0. The van der Waals surface area contributed by atoms with Gasteiger partial charge in [-0.25, -0.2) is 0 Å². The van der Waals surface area contributed by atoms with E-state index in [4.69, 9.17) is 0 Å². The Morgan fingerprint density at radius 3 is 2.44 bits per heavy atom. The Labute approximate surface area is 160 Å². The minimum atomic E-state index is -0.804. The minimum absolute atomic E-state index is 0.106. The molecule has 1 aromatic heterocycles. The van der Waals surface area contributed by atoms with Crippen molar-refractivity contribution in [3.63, 3.8) is 0 Å². The summed E-state index contributed by atoms with van der Waals surface area (Å²) in [5.41, 5.74) is 3.61. The van der Waals surface area contributed by atoms with Crippen LogP contribution in [0, 0.1) is 13.8 Å². The molecule has 1 fully saturated rings. The molecule has 2 amide bonds. The standard InChI is InChI=1S/C22H27N3O2/c1-15-10-11-19(16(2)24-15)17-8-7-9-18(14-17)20(26)25-22(21(27)23-3)12-5-4-6-13-22/h7-11,14H,4-6,12-13H2,1-3H3,(H,23,27)(H,25,26). The first-order valence-electron chi connectivity index (χ1n) is 9.54. The first-order chi connectivity index (χ1) is 12.9. The second kappa shape index (κ2) is 7.91. The van der Waals surface area contributed by atoms with E-state index in [2.05, 4.69) is 15.6 Å². The van der Waals surface area contributed by atoms with Crippen LogP contribution in [-0.4, -0.2) is 29.4 Å². The summed E-state index contributed by atoms with van der Waals surface area (Å²) in [4.78, 5) is 30.0. The van der Waals surface area contributed by atoms with Crippen molar-refractivity contribution in [2.45, 2.75) is 51.5 Å². The monoisotopic (exact) mass is 365 g/mol. The minimum Gasteiger partial charge on any atom is -0.357 e. The molecule has 1 aliphatic rings. The maximum Gasteiger partial charge on any atom is 0.252 e. The number of hydrogen-bond acceptors (Lipinski definition) is 3. The number of hydrogen-bond donors (Lipinski definition) is 2. The summed E-state index contributed by atoms with van der Waals surface area (Å²) in [5.74, 6) is -0.314. The zero-order valence-electron chi connectivity index (χ0n) is 16.3. The van der Waals surface area contributed by atoms with Gasteiger partial charge in [-0.3, -0.25) is 14.6 Å². The quantitative estimate of drug-likeness (QED) is 0.870. The molecule has 0 aliphatic heterocycles. The first kappa shape index (κ1) is 19.1. The number of nitrogens with one attached hydrogen (secondary N) is 2. The number of nitrogens with zero attached hydrogens (tertiary/aromatic N) is 1. The Bertz CT molecular complexity index is 854. The maximum absolute atomic E-state index is 13.0. The summed E-state index contributed by atoms with van der Waals surface area (Å²) in [6, 6.07) is 11.5. The third-order valence-electron chi connectivity index (χ3n) is 5.38. The van der Waals surface area contributed by atoms with Crippen molar-refractivity contribution in [1.82, 2.24) is 15.6 Å². The van der Waals surface area contributed by atoms with Crippen LogP contribution < -0.4 is 10.6 Å². The highest BCUT2D eigenvalue weighted by molar-refractivity contribution is 6.00. The van der Waals surface area contributed by atoms with Crippen LogP contribution in [0.25, 0.3) is 11.1 Å². The third kappa shape index (κ3) is 4.02. The van der Waals surface area contributed by atoms with Gasteiger partial charge in [-0.15, -0.1) is 0 Å². The number of carbonyl (C=O) groups excluding carboxylic acids is 2. The van der Waals surface area contributed by atoms with Crippen LogP contribution in [0.4, 0.5) is 0 Å². The highest BCUT2D eigenvalue weighted by Gasteiger charge is 2.40. The van der Waals surface area contributed by atoms with E-state index in [1.165, 1.54) is 0 Å². The van der Waals surface area contributed by atoms with Crippen LogP contribution in [0.2, 0.25) is 0 Å². The fourth-order valence-corrected chi connectivity index (χ4v) is 3.91. The molecule has 1 aromatic carbocycles. The second-order valence-corrected chi connectivity index (χ2v) is 7.34. The van der Waals surface area contributed by atoms with Gasteiger partial charge in [-0.2, -0.15) is 0 Å². The molecule has 0 spiro atoms. The lowest BCUT2D eigenvalue weighted by Crippen LogP contribution is -2.59. The molecular weight excluding hydrogens is 338 g/mol. The number of rotatable bonds is 4. The Hall–Kier alpha value is -2.69. The molecule has 27 heavy (non-hydrogen) atoms. The molecule has 0 radical (unpaired) electrons. The van der Waals surface area contributed by atoms with Gasteiger partial charge >= 0.3 is 0 Å². The second-order valence-electron chi connectivity index (χ2n) is 7.34. The Balaban J connectivity index is 1.87. The van der Waals surface area contributed by atoms with Gasteiger partial charge in [0.15, 0.2) is 0 Å². The lowest BCUT2D eigenvalue weighted by molar-refractivity contribution is -0.128. The normalized spacial score (nSPS) is 15.8. The average molecular weight is 365 g/mol. The molecule has 2 aromatic rings. The largest absolute Gasteiger partial charge is 0.357 e. The van der Waals surface area contributed by atoms with Crippen LogP contribution >= 0.6 is 0 Å². The van der Waals surface area contributed by atoms with Gasteiger partial charge in [-0.05, 0) is 50.5 Å². The molecular formula is C22H27N3O2. The molecule has 1 aliphatic carbocycles. The molecule has 142 valence electrons. The van der Waals surface area contributed by atoms with Crippen molar-refractivity contribution in [2.24, 2.45) is 0 Å². The van der Waals surface area contributed by atoms with E-state index in [9.17, 15) is 9.59 Å². The van der Waals surface area contributed by atoms with Crippen molar-refractivity contribution >= 4 is 11.8 Å². The Morgan fingerprint density at radius 2 is 1.78 bits per heavy atom. The average Bonchev–Trinajstić information content (AvgIpc) is 2.68.